The summed E-state index contributed by atoms with van der Waals surface area (Å²) < 4.78 is 0. The van der Waals surface area contributed by atoms with E-state index in [4.69, 9.17) is 0 Å². The van der Waals surface area contributed by atoms with Crippen LogP contribution in [0.2, 0.25) is 0 Å². The molecular weight excluding hydrogens is 302 g/mol. The molecule has 4 saturated carbocycles. The summed E-state index contributed by atoms with van der Waals surface area (Å²) in [5.74, 6) is 4.08. The van der Waals surface area contributed by atoms with Crippen LogP contribution in [-0.2, 0) is 6.42 Å². The number of allylic oxidation sites excluding steroid dienone is 1. The minimum atomic E-state index is 0.735. The molecule has 1 nitrogen and oxygen atoms in total. The molecule has 4 fully saturated rings. The van der Waals surface area contributed by atoms with E-state index in [0.717, 1.165) is 29.1 Å². The highest BCUT2D eigenvalue weighted by Crippen LogP contribution is 2.61. The Bertz CT molecular complexity index is 552. The van der Waals surface area contributed by atoms with Crippen molar-refractivity contribution in [2.75, 3.05) is 0 Å². The first-order valence-electron chi connectivity index (χ1n) is 10.6. The molecule has 0 aromatic carbocycles. The highest BCUT2D eigenvalue weighted by molar-refractivity contribution is 5.10. The van der Waals surface area contributed by atoms with E-state index in [0.29, 0.717) is 0 Å². The molecule has 0 radical (unpaired) electrons. The van der Waals surface area contributed by atoms with Gasteiger partial charge < -0.3 is 0 Å². The maximum absolute atomic E-state index is 4.21. The Morgan fingerprint density at radius 3 is 2.24 bits per heavy atom. The molecule has 4 bridgehead atoms. The van der Waals surface area contributed by atoms with Crippen LogP contribution >= 0.6 is 0 Å². The van der Waals surface area contributed by atoms with Crippen molar-refractivity contribution in [3.05, 3.63) is 42.2 Å². The second kappa shape index (κ2) is 7.25. The third-order valence-electron chi connectivity index (χ3n) is 7.48. The first kappa shape index (κ1) is 17.3. The summed E-state index contributed by atoms with van der Waals surface area (Å²) in [5, 5.41) is 0. The smallest absolute Gasteiger partial charge is 0.0270 e. The minimum Gasteiger partial charge on any atom is -0.265 e. The van der Waals surface area contributed by atoms with Gasteiger partial charge in [0.25, 0.3) is 0 Å². The van der Waals surface area contributed by atoms with Crippen molar-refractivity contribution < 1.29 is 0 Å². The Morgan fingerprint density at radius 2 is 1.68 bits per heavy atom. The molecule has 1 aromatic rings. The summed E-state index contributed by atoms with van der Waals surface area (Å²) >= 11 is 0. The number of nitrogens with zero attached hydrogens (tertiary/aromatic N) is 1. The Hall–Kier alpha value is -1.11. The zero-order valence-corrected chi connectivity index (χ0v) is 16.1. The number of aromatic nitrogens is 1. The normalized spacial score (nSPS) is 34.2. The van der Waals surface area contributed by atoms with Crippen LogP contribution in [0.3, 0.4) is 0 Å². The van der Waals surface area contributed by atoms with E-state index in [1.165, 1.54) is 43.2 Å². The van der Waals surface area contributed by atoms with Gasteiger partial charge in [-0.15, -0.1) is 6.58 Å². The van der Waals surface area contributed by atoms with E-state index >= 15 is 0 Å². The number of rotatable bonds is 8. The molecule has 4 aliphatic carbocycles. The van der Waals surface area contributed by atoms with Crippen LogP contribution in [0.25, 0.3) is 0 Å². The second-order valence-corrected chi connectivity index (χ2v) is 9.88. The molecular formula is C24H35N. The lowest BCUT2D eigenvalue weighted by Gasteiger charge is -2.57. The summed E-state index contributed by atoms with van der Waals surface area (Å²) in [4.78, 5) is 4.15. The Labute approximate surface area is 154 Å². The molecule has 5 rings (SSSR count). The summed E-state index contributed by atoms with van der Waals surface area (Å²) in [6, 6.07) is 4.35. The van der Waals surface area contributed by atoms with Gasteiger partial charge in [0.2, 0.25) is 0 Å². The van der Waals surface area contributed by atoms with Gasteiger partial charge in [-0.3, -0.25) is 4.98 Å². The van der Waals surface area contributed by atoms with Gasteiger partial charge in [0, 0.05) is 12.4 Å². The average Bonchev–Trinajstić information content (AvgIpc) is 2.57. The molecule has 0 N–H and O–H groups in total. The Morgan fingerprint density at radius 1 is 1.08 bits per heavy atom. The molecule has 4 aliphatic rings. The fraction of sp³-hybridized carbons (Fsp3) is 0.708. The van der Waals surface area contributed by atoms with Gasteiger partial charge in [-0.05, 0) is 124 Å². The van der Waals surface area contributed by atoms with Crippen LogP contribution in [0.15, 0.2) is 36.7 Å². The standard InChI is InChI=1S/C24H35N/c1-18(2)11-20(4-3-19-6-9-25-10-7-19)5-8-24-15-21-12-22(16-24)14-23(13-21)17-24/h6-7,9-10,20-23H,1,3-5,8,11-17H2,2H3. The van der Waals surface area contributed by atoms with Crippen molar-refractivity contribution in [3.8, 4) is 0 Å². The lowest BCUT2D eigenvalue weighted by molar-refractivity contribution is -0.0601. The maximum atomic E-state index is 4.21. The lowest BCUT2D eigenvalue weighted by Crippen LogP contribution is -2.46. The molecule has 136 valence electrons. The zero-order valence-electron chi connectivity index (χ0n) is 16.1. The minimum absolute atomic E-state index is 0.735. The van der Waals surface area contributed by atoms with Gasteiger partial charge in [0.05, 0.1) is 0 Å². The van der Waals surface area contributed by atoms with Crippen LogP contribution in [0.5, 0.6) is 0 Å². The highest BCUT2D eigenvalue weighted by atomic mass is 14.6. The van der Waals surface area contributed by atoms with Crippen molar-refractivity contribution in [3.63, 3.8) is 0 Å². The summed E-state index contributed by atoms with van der Waals surface area (Å²) in [7, 11) is 0. The van der Waals surface area contributed by atoms with E-state index in [1.54, 1.807) is 38.5 Å². The van der Waals surface area contributed by atoms with Crippen molar-refractivity contribution in [1.82, 2.24) is 4.98 Å². The predicted octanol–water partition coefficient (Wildman–Crippen LogP) is 6.59. The van der Waals surface area contributed by atoms with Crippen LogP contribution in [0.4, 0.5) is 0 Å². The van der Waals surface area contributed by atoms with E-state index in [1.807, 2.05) is 12.4 Å². The lowest BCUT2D eigenvalue weighted by atomic mass is 9.48. The van der Waals surface area contributed by atoms with Gasteiger partial charge in [0.15, 0.2) is 0 Å². The third-order valence-corrected chi connectivity index (χ3v) is 7.48. The fourth-order valence-corrected chi connectivity index (χ4v) is 6.87. The van der Waals surface area contributed by atoms with E-state index in [9.17, 15) is 0 Å². The third kappa shape index (κ3) is 4.18. The van der Waals surface area contributed by atoms with Crippen LogP contribution in [0, 0.1) is 29.1 Å². The van der Waals surface area contributed by atoms with Gasteiger partial charge in [0.1, 0.15) is 0 Å². The van der Waals surface area contributed by atoms with Crippen molar-refractivity contribution in [2.24, 2.45) is 29.1 Å². The average molecular weight is 338 g/mol. The monoisotopic (exact) mass is 337 g/mol. The van der Waals surface area contributed by atoms with Crippen molar-refractivity contribution in [1.29, 1.82) is 0 Å². The topological polar surface area (TPSA) is 12.9 Å². The molecule has 0 saturated heterocycles. The highest BCUT2D eigenvalue weighted by Gasteiger charge is 2.50. The predicted molar refractivity (Wildman–Crippen MR) is 105 cm³/mol. The van der Waals surface area contributed by atoms with Crippen molar-refractivity contribution in [2.45, 2.75) is 77.6 Å². The largest absolute Gasteiger partial charge is 0.265 e. The summed E-state index contributed by atoms with van der Waals surface area (Å²) in [6.45, 7) is 6.43. The first-order valence-corrected chi connectivity index (χ1v) is 10.6. The van der Waals surface area contributed by atoms with Crippen LogP contribution in [0.1, 0.15) is 76.7 Å². The van der Waals surface area contributed by atoms with E-state index in [2.05, 4.69) is 30.6 Å². The molecule has 1 heterocycles. The van der Waals surface area contributed by atoms with Crippen molar-refractivity contribution >= 4 is 0 Å². The number of pyridine rings is 1. The van der Waals surface area contributed by atoms with Crippen LogP contribution < -0.4 is 0 Å². The maximum Gasteiger partial charge on any atom is 0.0270 e. The molecule has 1 aromatic heterocycles. The zero-order chi connectivity index (χ0) is 17.3. The van der Waals surface area contributed by atoms with Gasteiger partial charge in [-0.2, -0.15) is 0 Å². The number of hydrogen-bond acceptors (Lipinski definition) is 1. The molecule has 0 amide bonds. The number of hydrogen-bond donors (Lipinski definition) is 0. The fourth-order valence-electron chi connectivity index (χ4n) is 6.87. The summed E-state index contributed by atoms with van der Waals surface area (Å²) in [6.07, 6.45) is 19.9. The molecule has 25 heavy (non-hydrogen) atoms. The Kier molecular flexibility index (Phi) is 5.02. The van der Waals surface area contributed by atoms with Crippen LogP contribution in [-0.4, -0.2) is 4.98 Å². The quantitative estimate of drug-likeness (QED) is 0.487. The molecule has 0 spiro atoms. The van der Waals surface area contributed by atoms with Gasteiger partial charge >= 0.3 is 0 Å². The number of aryl methyl sites for hydroxylation is 1. The second-order valence-electron chi connectivity index (χ2n) is 9.88. The molecule has 1 atom stereocenters. The molecule has 1 heteroatoms. The molecule has 1 unspecified atom stereocenters. The van der Waals surface area contributed by atoms with Gasteiger partial charge in [-0.1, -0.05) is 5.57 Å². The molecule has 0 aliphatic heterocycles. The SMILES string of the molecule is C=C(C)CC(CCc1ccncc1)CCC12CC3CC(CC(C3)C1)C2. The van der Waals surface area contributed by atoms with Gasteiger partial charge in [-0.25, -0.2) is 0 Å². The Balaban J connectivity index is 1.35. The first-order chi connectivity index (χ1) is 12.1. The van der Waals surface area contributed by atoms with E-state index < -0.39 is 0 Å². The van der Waals surface area contributed by atoms with E-state index in [-0.39, 0.29) is 0 Å². The summed E-state index contributed by atoms with van der Waals surface area (Å²) in [5.41, 5.74) is 3.54.